The summed E-state index contributed by atoms with van der Waals surface area (Å²) < 4.78 is 13.5. The van der Waals surface area contributed by atoms with Crippen LogP contribution in [0.15, 0.2) is 48.5 Å². The molecule has 1 atom stereocenters. The molecule has 24 heavy (non-hydrogen) atoms. The van der Waals surface area contributed by atoms with E-state index in [9.17, 15) is 9.18 Å². The van der Waals surface area contributed by atoms with Crippen molar-refractivity contribution in [2.75, 3.05) is 32.1 Å². The molecular weight excluding hydrogens is 305 g/mol. The van der Waals surface area contributed by atoms with Gasteiger partial charge in [0.2, 0.25) is 0 Å². The van der Waals surface area contributed by atoms with Gasteiger partial charge in [-0.05, 0) is 43.8 Å². The number of likely N-dealkylation sites (N-methyl/N-ethyl adjacent to an activating group) is 1. The number of rotatable bonds is 4. The van der Waals surface area contributed by atoms with Crippen LogP contribution in [0.4, 0.5) is 14.9 Å². The molecule has 1 aliphatic heterocycles. The molecule has 0 unspecified atom stereocenters. The highest BCUT2D eigenvalue weighted by Crippen LogP contribution is 2.28. The third kappa shape index (κ3) is 3.41. The van der Waals surface area contributed by atoms with Crippen LogP contribution < -0.4 is 10.2 Å². The molecule has 0 aliphatic carbocycles. The van der Waals surface area contributed by atoms with Crippen LogP contribution in [0.25, 0.3) is 0 Å². The highest BCUT2D eigenvalue weighted by molar-refractivity contribution is 5.94. The molecule has 4 nitrogen and oxygen atoms in total. The highest BCUT2D eigenvalue weighted by atomic mass is 19.1. The average Bonchev–Trinajstić information content (AvgIpc) is 2.98. The Hall–Kier alpha value is -2.40. The Morgan fingerprint density at radius 1 is 1.25 bits per heavy atom. The number of carbonyl (C=O) groups excluding carboxylic acids is 1. The van der Waals surface area contributed by atoms with Crippen molar-refractivity contribution in [1.82, 2.24) is 10.2 Å². The first kappa shape index (κ1) is 16.5. The summed E-state index contributed by atoms with van der Waals surface area (Å²) in [6.07, 6.45) is 0.763. The largest absolute Gasteiger partial charge is 0.336 e. The maximum atomic E-state index is 13.5. The smallest absolute Gasteiger partial charge is 0.321 e. The summed E-state index contributed by atoms with van der Waals surface area (Å²) >= 11 is 0. The minimum absolute atomic E-state index is 0.0877. The molecule has 1 heterocycles. The lowest BCUT2D eigenvalue weighted by Gasteiger charge is -2.26. The quantitative estimate of drug-likeness (QED) is 0.936. The van der Waals surface area contributed by atoms with E-state index >= 15 is 0 Å². The van der Waals surface area contributed by atoms with E-state index in [-0.39, 0.29) is 17.9 Å². The van der Waals surface area contributed by atoms with Crippen molar-refractivity contribution in [2.45, 2.75) is 12.5 Å². The van der Waals surface area contributed by atoms with E-state index in [2.05, 4.69) is 22.3 Å². The molecule has 1 aliphatic rings. The van der Waals surface area contributed by atoms with Gasteiger partial charge >= 0.3 is 6.03 Å². The molecule has 1 N–H and O–H groups in total. The van der Waals surface area contributed by atoms with Crippen molar-refractivity contribution in [1.29, 1.82) is 0 Å². The van der Waals surface area contributed by atoms with Crippen LogP contribution in [0.5, 0.6) is 0 Å². The lowest BCUT2D eigenvalue weighted by Crippen LogP contribution is -2.42. The molecule has 2 amide bonds. The lowest BCUT2D eigenvalue weighted by molar-refractivity contribution is 0.238. The fourth-order valence-electron chi connectivity index (χ4n) is 3.12. The molecule has 126 valence electrons. The second-order valence-electron chi connectivity index (χ2n) is 6.25. The zero-order valence-corrected chi connectivity index (χ0v) is 14.0. The minimum Gasteiger partial charge on any atom is -0.336 e. The first-order valence-electron chi connectivity index (χ1n) is 8.11. The van der Waals surface area contributed by atoms with Crippen molar-refractivity contribution in [3.63, 3.8) is 0 Å². The Morgan fingerprint density at radius 3 is 2.71 bits per heavy atom. The normalized spacial score (nSPS) is 14.6. The van der Waals surface area contributed by atoms with Crippen LogP contribution in [-0.4, -0.2) is 38.1 Å². The maximum Gasteiger partial charge on any atom is 0.321 e. The van der Waals surface area contributed by atoms with Crippen LogP contribution in [0, 0.1) is 5.82 Å². The van der Waals surface area contributed by atoms with Gasteiger partial charge in [-0.15, -0.1) is 0 Å². The number of hydrogen-bond donors (Lipinski definition) is 1. The van der Waals surface area contributed by atoms with Gasteiger partial charge in [0.15, 0.2) is 0 Å². The molecule has 5 heteroatoms. The van der Waals surface area contributed by atoms with E-state index in [4.69, 9.17) is 0 Å². The third-order valence-electron chi connectivity index (χ3n) is 4.44. The number of amides is 2. The molecule has 3 rings (SSSR count). The Morgan fingerprint density at radius 2 is 2.00 bits per heavy atom. The van der Waals surface area contributed by atoms with Crippen molar-refractivity contribution in [2.24, 2.45) is 0 Å². The Kier molecular flexibility index (Phi) is 4.81. The zero-order valence-electron chi connectivity index (χ0n) is 14.0. The Bertz CT molecular complexity index is 718. The molecule has 0 radical (unpaired) electrons. The number of nitrogens with one attached hydrogen (secondary N) is 1. The Labute approximate surface area is 141 Å². The number of anilines is 1. The molecule has 0 bridgehead atoms. The molecule has 0 spiro atoms. The summed E-state index contributed by atoms with van der Waals surface area (Å²) in [7, 11) is 3.98. The molecule has 2 aromatic carbocycles. The highest BCUT2D eigenvalue weighted by Gasteiger charge is 2.26. The summed E-state index contributed by atoms with van der Waals surface area (Å²) in [6, 6.07) is 14.6. The summed E-state index contributed by atoms with van der Waals surface area (Å²) in [5.41, 5.74) is 2.84. The van der Waals surface area contributed by atoms with Gasteiger partial charge < -0.3 is 10.2 Å². The fraction of sp³-hybridized carbons (Fsp3) is 0.316. The number of urea groups is 1. The summed E-state index contributed by atoms with van der Waals surface area (Å²) in [5, 5.41) is 2.99. The molecule has 0 aromatic heterocycles. The number of nitrogens with zero attached hydrogens (tertiary/aromatic N) is 2. The zero-order chi connectivity index (χ0) is 17.1. The van der Waals surface area contributed by atoms with Crippen molar-refractivity contribution >= 4 is 11.7 Å². The predicted molar refractivity (Wildman–Crippen MR) is 93.7 cm³/mol. The standard InChI is InChI=1S/C19H22FN3O/c1-22(2)18(14-6-4-3-5-7-14)13-21-19(24)23-11-10-15-8-9-16(20)12-17(15)23/h3-9,12,18H,10-11,13H2,1-2H3,(H,21,24)/t18-/m1/s1. The van der Waals surface area contributed by atoms with Gasteiger partial charge in [0.05, 0.1) is 11.7 Å². The number of hydrogen-bond acceptors (Lipinski definition) is 2. The first-order valence-corrected chi connectivity index (χ1v) is 8.11. The Balaban J connectivity index is 1.69. The first-order chi connectivity index (χ1) is 11.6. The summed E-state index contributed by atoms with van der Waals surface area (Å²) in [6.45, 7) is 1.08. The van der Waals surface area contributed by atoms with Gasteiger partial charge in [-0.2, -0.15) is 0 Å². The number of carbonyl (C=O) groups is 1. The monoisotopic (exact) mass is 327 g/mol. The van der Waals surface area contributed by atoms with Gasteiger partial charge in [0.1, 0.15) is 5.82 Å². The fourth-order valence-corrected chi connectivity index (χ4v) is 3.12. The predicted octanol–water partition coefficient (Wildman–Crippen LogP) is 3.20. The number of fused-ring (bicyclic) bond motifs is 1. The van der Waals surface area contributed by atoms with Crippen molar-refractivity contribution in [3.8, 4) is 0 Å². The lowest BCUT2D eigenvalue weighted by atomic mass is 10.1. The molecule has 0 saturated heterocycles. The van der Waals surface area contributed by atoms with Crippen LogP contribution in [0.1, 0.15) is 17.2 Å². The molecule has 0 fully saturated rings. The van der Waals surface area contributed by atoms with E-state index in [0.717, 1.165) is 17.5 Å². The molecule has 2 aromatic rings. The second-order valence-corrected chi connectivity index (χ2v) is 6.25. The van der Waals surface area contributed by atoms with Crippen LogP contribution in [-0.2, 0) is 6.42 Å². The van der Waals surface area contributed by atoms with E-state index in [1.165, 1.54) is 12.1 Å². The molecule has 0 saturated carbocycles. The van der Waals surface area contributed by atoms with Crippen molar-refractivity contribution < 1.29 is 9.18 Å². The van der Waals surface area contributed by atoms with Crippen LogP contribution in [0.2, 0.25) is 0 Å². The van der Waals surface area contributed by atoms with E-state index in [0.29, 0.717) is 18.8 Å². The SMILES string of the molecule is CN(C)[C@H](CNC(=O)N1CCc2ccc(F)cc21)c1ccccc1. The van der Waals surface area contributed by atoms with E-state index in [1.807, 2.05) is 32.3 Å². The summed E-state index contributed by atoms with van der Waals surface area (Å²) in [4.78, 5) is 16.2. The second kappa shape index (κ2) is 7.01. The van der Waals surface area contributed by atoms with Crippen molar-refractivity contribution in [3.05, 3.63) is 65.5 Å². The van der Waals surface area contributed by atoms with Crippen LogP contribution in [0.3, 0.4) is 0 Å². The van der Waals surface area contributed by atoms with Gasteiger partial charge in [0.25, 0.3) is 0 Å². The third-order valence-corrected chi connectivity index (χ3v) is 4.44. The minimum atomic E-state index is -0.316. The van der Waals surface area contributed by atoms with Gasteiger partial charge in [0, 0.05) is 13.1 Å². The number of halogens is 1. The topological polar surface area (TPSA) is 35.6 Å². The maximum absolute atomic E-state index is 13.5. The van der Waals surface area contributed by atoms with E-state index < -0.39 is 0 Å². The summed E-state index contributed by atoms with van der Waals surface area (Å²) in [5.74, 6) is -0.316. The molecular formula is C19H22FN3O. The van der Waals surface area contributed by atoms with Crippen LogP contribution >= 0.6 is 0 Å². The van der Waals surface area contributed by atoms with Gasteiger partial charge in [-0.25, -0.2) is 9.18 Å². The van der Waals surface area contributed by atoms with Gasteiger partial charge in [-0.1, -0.05) is 36.4 Å². The number of benzene rings is 2. The average molecular weight is 327 g/mol. The van der Waals surface area contributed by atoms with Gasteiger partial charge in [-0.3, -0.25) is 4.90 Å². The van der Waals surface area contributed by atoms with E-state index in [1.54, 1.807) is 11.0 Å².